The predicted octanol–water partition coefficient (Wildman–Crippen LogP) is 1.54. The Morgan fingerprint density at radius 2 is 2.00 bits per heavy atom. The van der Waals surface area contributed by atoms with E-state index in [2.05, 4.69) is 0 Å². The normalized spacial score (nSPS) is 10.2. The monoisotopic (exact) mass is 176 g/mol. The first kappa shape index (κ1) is 9.32. The molecule has 0 spiro atoms. The number of nitrogens with one attached hydrogen (secondary N) is 1. The van der Waals surface area contributed by atoms with Gasteiger partial charge in [0, 0.05) is 0 Å². The highest BCUT2D eigenvalue weighted by Gasteiger charge is 1.96. The maximum Gasteiger partial charge on any atom is 0.118 e. The fraction of sp³-hybridized carbons (Fsp3) is 0.100. The Kier molecular flexibility index (Phi) is 3.09. The summed E-state index contributed by atoms with van der Waals surface area (Å²) in [7, 11) is 1.61. The minimum atomic E-state index is 0.394. The molecule has 0 atom stereocenters. The van der Waals surface area contributed by atoms with Crippen molar-refractivity contribution in [1.29, 1.82) is 5.41 Å². The molecule has 0 saturated carbocycles. The Bertz CT molecular complexity index is 314. The van der Waals surface area contributed by atoms with Crippen LogP contribution in [0.4, 0.5) is 0 Å². The molecule has 3 N–H and O–H groups in total. The average molecular weight is 176 g/mol. The molecule has 0 amide bonds. The van der Waals surface area contributed by atoms with Crippen LogP contribution in [-0.4, -0.2) is 12.8 Å². The Labute approximate surface area is 77.3 Å². The van der Waals surface area contributed by atoms with E-state index in [4.69, 9.17) is 15.9 Å². The van der Waals surface area contributed by atoms with Crippen molar-refractivity contribution in [3.8, 4) is 5.75 Å². The summed E-state index contributed by atoms with van der Waals surface area (Å²) in [6.07, 6.45) is 2.90. The molecule has 0 unspecified atom stereocenters. The Balaban J connectivity index is 2.85. The van der Waals surface area contributed by atoms with Crippen molar-refractivity contribution in [1.82, 2.24) is 0 Å². The molecule has 0 aliphatic heterocycles. The number of methoxy groups -OCH3 is 1. The summed E-state index contributed by atoms with van der Waals surface area (Å²) in [5.41, 5.74) is 6.39. The molecule has 0 fully saturated rings. The SMILES string of the molecule is COc1ccc(C(=N)/C=C\N)cc1. The van der Waals surface area contributed by atoms with E-state index >= 15 is 0 Å². The highest BCUT2D eigenvalue weighted by Crippen LogP contribution is 2.11. The molecule has 0 aliphatic rings. The van der Waals surface area contributed by atoms with E-state index in [-0.39, 0.29) is 0 Å². The summed E-state index contributed by atoms with van der Waals surface area (Å²) in [4.78, 5) is 0. The van der Waals surface area contributed by atoms with Crippen LogP contribution in [0.2, 0.25) is 0 Å². The molecule has 13 heavy (non-hydrogen) atoms. The fourth-order valence-corrected chi connectivity index (χ4v) is 0.963. The molecule has 0 heterocycles. The van der Waals surface area contributed by atoms with Crippen molar-refractivity contribution in [2.45, 2.75) is 0 Å². The smallest absolute Gasteiger partial charge is 0.118 e. The number of rotatable bonds is 3. The van der Waals surface area contributed by atoms with Crippen molar-refractivity contribution < 1.29 is 4.74 Å². The number of benzene rings is 1. The minimum Gasteiger partial charge on any atom is -0.497 e. The van der Waals surface area contributed by atoms with E-state index in [1.165, 1.54) is 6.20 Å². The lowest BCUT2D eigenvalue weighted by atomic mass is 10.1. The summed E-state index contributed by atoms with van der Waals surface area (Å²) in [5.74, 6) is 0.785. The van der Waals surface area contributed by atoms with Crippen LogP contribution in [0, 0.1) is 5.41 Å². The number of hydrogen-bond acceptors (Lipinski definition) is 3. The van der Waals surface area contributed by atoms with Crippen molar-refractivity contribution >= 4 is 5.71 Å². The van der Waals surface area contributed by atoms with Crippen molar-refractivity contribution in [2.75, 3.05) is 7.11 Å². The van der Waals surface area contributed by atoms with Gasteiger partial charge >= 0.3 is 0 Å². The van der Waals surface area contributed by atoms with E-state index in [1.807, 2.05) is 24.3 Å². The van der Waals surface area contributed by atoms with Crippen LogP contribution in [-0.2, 0) is 0 Å². The van der Waals surface area contributed by atoms with Crippen LogP contribution in [0.5, 0.6) is 5.75 Å². The molecule has 1 aromatic carbocycles. The average Bonchev–Trinajstić information content (AvgIpc) is 2.18. The molecular weight excluding hydrogens is 164 g/mol. The standard InChI is InChI=1S/C10H12N2O/c1-13-9-4-2-8(3-5-9)10(12)6-7-11/h2-7,12H,11H2,1H3/b7-6-,12-10?. The third kappa shape index (κ3) is 2.33. The number of ether oxygens (including phenoxy) is 1. The summed E-state index contributed by atoms with van der Waals surface area (Å²) >= 11 is 0. The van der Waals surface area contributed by atoms with Crippen LogP contribution in [0.25, 0.3) is 0 Å². The summed E-state index contributed by atoms with van der Waals surface area (Å²) in [5, 5.41) is 7.55. The molecule has 3 nitrogen and oxygen atoms in total. The summed E-state index contributed by atoms with van der Waals surface area (Å²) in [6.45, 7) is 0. The van der Waals surface area contributed by atoms with Crippen molar-refractivity contribution in [3.63, 3.8) is 0 Å². The molecular formula is C10H12N2O. The third-order valence-electron chi connectivity index (χ3n) is 1.66. The highest BCUT2D eigenvalue weighted by molar-refractivity contribution is 6.06. The van der Waals surface area contributed by atoms with Crippen molar-refractivity contribution in [3.05, 3.63) is 42.1 Å². The first-order valence-corrected chi connectivity index (χ1v) is 3.89. The lowest BCUT2D eigenvalue weighted by Crippen LogP contribution is -1.95. The molecule has 1 aromatic rings. The maximum atomic E-state index is 7.55. The molecule has 0 aromatic heterocycles. The van der Waals surface area contributed by atoms with Crippen LogP contribution in [0.1, 0.15) is 5.56 Å². The van der Waals surface area contributed by atoms with Gasteiger partial charge in [0.25, 0.3) is 0 Å². The highest BCUT2D eigenvalue weighted by atomic mass is 16.5. The van der Waals surface area contributed by atoms with Crippen LogP contribution in [0.15, 0.2) is 36.5 Å². The second kappa shape index (κ2) is 4.30. The molecule has 0 saturated heterocycles. The maximum absolute atomic E-state index is 7.55. The molecule has 68 valence electrons. The van der Waals surface area contributed by atoms with Gasteiger partial charge in [-0.05, 0) is 42.1 Å². The van der Waals surface area contributed by atoms with Gasteiger partial charge < -0.3 is 15.9 Å². The fourth-order valence-electron chi connectivity index (χ4n) is 0.963. The van der Waals surface area contributed by atoms with Gasteiger partial charge in [0.15, 0.2) is 0 Å². The number of allylic oxidation sites excluding steroid dienone is 1. The molecule has 0 bridgehead atoms. The van der Waals surface area contributed by atoms with E-state index in [1.54, 1.807) is 13.2 Å². The van der Waals surface area contributed by atoms with Gasteiger partial charge in [0.1, 0.15) is 5.75 Å². The van der Waals surface area contributed by atoms with Gasteiger partial charge in [-0.15, -0.1) is 0 Å². The molecule has 0 radical (unpaired) electrons. The number of hydrogen-bond donors (Lipinski definition) is 2. The topological polar surface area (TPSA) is 59.1 Å². The number of nitrogens with two attached hydrogens (primary N) is 1. The largest absolute Gasteiger partial charge is 0.497 e. The van der Waals surface area contributed by atoms with E-state index in [0.717, 1.165) is 11.3 Å². The zero-order valence-electron chi connectivity index (χ0n) is 7.45. The summed E-state index contributed by atoms with van der Waals surface area (Å²) < 4.78 is 5.00. The predicted molar refractivity (Wildman–Crippen MR) is 53.2 cm³/mol. The quantitative estimate of drug-likeness (QED) is 0.686. The molecule has 3 heteroatoms. The second-order valence-electron chi connectivity index (χ2n) is 2.50. The van der Waals surface area contributed by atoms with Gasteiger partial charge in [0.2, 0.25) is 0 Å². The Morgan fingerprint density at radius 1 is 1.38 bits per heavy atom. The van der Waals surface area contributed by atoms with Crippen LogP contribution >= 0.6 is 0 Å². The molecule has 0 aliphatic carbocycles. The minimum absolute atomic E-state index is 0.394. The lowest BCUT2D eigenvalue weighted by molar-refractivity contribution is 0.415. The van der Waals surface area contributed by atoms with E-state index < -0.39 is 0 Å². The summed E-state index contributed by atoms with van der Waals surface area (Å²) in [6, 6.07) is 7.27. The van der Waals surface area contributed by atoms with Gasteiger partial charge in [-0.3, -0.25) is 0 Å². The van der Waals surface area contributed by atoms with Gasteiger partial charge in [0.05, 0.1) is 12.8 Å². The molecule has 1 rings (SSSR count). The zero-order chi connectivity index (χ0) is 9.68. The zero-order valence-corrected chi connectivity index (χ0v) is 7.45. The van der Waals surface area contributed by atoms with Gasteiger partial charge in [-0.25, -0.2) is 0 Å². The van der Waals surface area contributed by atoms with Crippen molar-refractivity contribution in [2.24, 2.45) is 5.73 Å². The van der Waals surface area contributed by atoms with E-state index in [9.17, 15) is 0 Å². The Morgan fingerprint density at radius 3 is 2.46 bits per heavy atom. The van der Waals surface area contributed by atoms with Gasteiger partial charge in [-0.2, -0.15) is 0 Å². The van der Waals surface area contributed by atoms with E-state index in [0.29, 0.717) is 5.71 Å². The lowest BCUT2D eigenvalue weighted by Gasteiger charge is -2.01. The van der Waals surface area contributed by atoms with Gasteiger partial charge in [-0.1, -0.05) is 0 Å². The van der Waals surface area contributed by atoms with Crippen LogP contribution in [0.3, 0.4) is 0 Å². The third-order valence-corrected chi connectivity index (χ3v) is 1.66. The van der Waals surface area contributed by atoms with Crippen LogP contribution < -0.4 is 10.5 Å². The first-order valence-electron chi connectivity index (χ1n) is 3.89. The Hall–Kier alpha value is -1.77. The first-order chi connectivity index (χ1) is 6.27. The second-order valence-corrected chi connectivity index (χ2v) is 2.50.